The van der Waals surface area contributed by atoms with Crippen LogP contribution in [0.15, 0.2) is 22.6 Å². The Hall–Kier alpha value is -1.88. The van der Waals surface area contributed by atoms with E-state index in [0.29, 0.717) is 18.0 Å². The molecule has 1 aromatic carbocycles. The lowest BCUT2D eigenvalue weighted by Crippen LogP contribution is -2.35. The molecule has 22 heavy (non-hydrogen) atoms. The minimum Gasteiger partial charge on any atom is -0.440 e. The van der Waals surface area contributed by atoms with E-state index in [-0.39, 0.29) is 17.9 Å². The van der Waals surface area contributed by atoms with E-state index in [1.54, 1.807) is 18.2 Å². The van der Waals surface area contributed by atoms with Gasteiger partial charge in [-0.2, -0.15) is 0 Å². The van der Waals surface area contributed by atoms with E-state index in [2.05, 4.69) is 10.3 Å². The highest BCUT2D eigenvalue weighted by molar-refractivity contribution is 5.97. The second-order valence-corrected chi connectivity index (χ2v) is 6.09. The summed E-state index contributed by atoms with van der Waals surface area (Å²) in [5, 5.41) is 2.94. The normalized spacial score (nSPS) is 18.8. The Bertz CT molecular complexity index is 657. The number of nitrogens with zero attached hydrogens (tertiary/aromatic N) is 1. The average molecular weight is 302 g/mol. The van der Waals surface area contributed by atoms with E-state index in [1.807, 2.05) is 13.8 Å². The van der Waals surface area contributed by atoms with Crippen LogP contribution in [0.4, 0.5) is 0 Å². The summed E-state index contributed by atoms with van der Waals surface area (Å²) in [6.07, 6.45) is 3.44. The van der Waals surface area contributed by atoms with Gasteiger partial charge in [0.25, 0.3) is 5.91 Å². The molecule has 1 saturated heterocycles. The number of amides is 1. The van der Waals surface area contributed by atoms with E-state index < -0.39 is 0 Å². The van der Waals surface area contributed by atoms with E-state index in [1.165, 1.54) is 6.42 Å². The lowest BCUT2D eigenvalue weighted by Gasteiger charge is -2.22. The fraction of sp³-hybridized carbons (Fsp3) is 0.529. The zero-order valence-corrected chi connectivity index (χ0v) is 13.1. The van der Waals surface area contributed by atoms with Crippen molar-refractivity contribution in [2.45, 2.75) is 45.1 Å². The van der Waals surface area contributed by atoms with E-state index in [4.69, 9.17) is 9.15 Å². The molecule has 1 N–H and O–H groups in total. The molecule has 2 heterocycles. The fourth-order valence-electron chi connectivity index (χ4n) is 2.61. The monoisotopic (exact) mass is 302 g/mol. The van der Waals surface area contributed by atoms with Crippen LogP contribution in [0.2, 0.25) is 0 Å². The Labute approximate surface area is 130 Å². The maximum absolute atomic E-state index is 12.2. The van der Waals surface area contributed by atoms with Crippen LogP contribution >= 0.6 is 0 Å². The predicted octanol–water partition coefficient (Wildman–Crippen LogP) is 3.25. The number of hydrogen-bond acceptors (Lipinski definition) is 4. The summed E-state index contributed by atoms with van der Waals surface area (Å²) in [6, 6.07) is 5.36. The van der Waals surface area contributed by atoms with E-state index in [0.717, 1.165) is 30.5 Å². The largest absolute Gasteiger partial charge is 0.440 e. The predicted molar refractivity (Wildman–Crippen MR) is 84.0 cm³/mol. The Morgan fingerprint density at radius 3 is 3.00 bits per heavy atom. The van der Waals surface area contributed by atoms with Crippen molar-refractivity contribution < 1.29 is 13.9 Å². The Balaban J connectivity index is 1.67. The summed E-state index contributed by atoms with van der Waals surface area (Å²) < 4.78 is 11.3. The topological polar surface area (TPSA) is 64.4 Å². The van der Waals surface area contributed by atoms with Crippen LogP contribution in [-0.4, -0.2) is 30.1 Å². The summed E-state index contributed by atoms with van der Waals surface area (Å²) in [7, 11) is 0. The smallest absolute Gasteiger partial charge is 0.251 e. The average Bonchev–Trinajstić information content (AvgIpc) is 2.97. The molecule has 1 aromatic heterocycles. The molecule has 2 aromatic rings. The van der Waals surface area contributed by atoms with Gasteiger partial charge in [-0.1, -0.05) is 13.8 Å². The highest BCUT2D eigenvalue weighted by atomic mass is 16.5. The fourth-order valence-corrected chi connectivity index (χ4v) is 2.61. The molecule has 1 aliphatic rings. The van der Waals surface area contributed by atoms with Crippen LogP contribution < -0.4 is 5.32 Å². The molecule has 1 aliphatic heterocycles. The number of carbonyl (C=O) groups excluding carboxylic acids is 1. The van der Waals surface area contributed by atoms with Crippen molar-refractivity contribution in [1.29, 1.82) is 0 Å². The molecule has 1 fully saturated rings. The van der Waals surface area contributed by atoms with Gasteiger partial charge < -0.3 is 14.5 Å². The zero-order valence-electron chi connectivity index (χ0n) is 13.1. The number of fused-ring (bicyclic) bond motifs is 1. The van der Waals surface area contributed by atoms with Gasteiger partial charge in [-0.05, 0) is 37.5 Å². The first-order valence-corrected chi connectivity index (χ1v) is 7.94. The van der Waals surface area contributed by atoms with Crippen molar-refractivity contribution in [2.24, 2.45) is 0 Å². The maximum atomic E-state index is 12.2. The molecule has 118 valence electrons. The van der Waals surface area contributed by atoms with Gasteiger partial charge in [0.05, 0.1) is 6.10 Å². The number of rotatable bonds is 4. The zero-order chi connectivity index (χ0) is 15.5. The van der Waals surface area contributed by atoms with Crippen LogP contribution in [0.5, 0.6) is 0 Å². The number of benzene rings is 1. The lowest BCUT2D eigenvalue weighted by atomic mass is 10.1. The first kappa shape index (κ1) is 15.0. The van der Waals surface area contributed by atoms with Crippen molar-refractivity contribution in [3.05, 3.63) is 29.7 Å². The molecule has 0 aliphatic carbocycles. The maximum Gasteiger partial charge on any atom is 0.251 e. The quantitative estimate of drug-likeness (QED) is 0.941. The molecule has 5 heteroatoms. The third-order valence-corrected chi connectivity index (χ3v) is 3.92. The number of nitrogens with one attached hydrogen (secondary N) is 1. The molecule has 0 spiro atoms. The van der Waals surface area contributed by atoms with E-state index in [9.17, 15) is 4.79 Å². The highest BCUT2D eigenvalue weighted by Crippen LogP contribution is 2.22. The Kier molecular flexibility index (Phi) is 4.43. The summed E-state index contributed by atoms with van der Waals surface area (Å²) in [5.41, 5.74) is 2.05. The molecule has 5 nitrogen and oxygen atoms in total. The molecular weight excluding hydrogens is 280 g/mol. The second-order valence-electron chi connectivity index (χ2n) is 6.09. The van der Waals surface area contributed by atoms with Crippen molar-refractivity contribution in [3.8, 4) is 0 Å². The molecule has 1 unspecified atom stereocenters. The van der Waals surface area contributed by atoms with Crippen LogP contribution in [0.25, 0.3) is 11.1 Å². The number of oxazole rings is 1. The molecule has 0 saturated carbocycles. The van der Waals surface area contributed by atoms with Crippen LogP contribution in [0, 0.1) is 0 Å². The van der Waals surface area contributed by atoms with Gasteiger partial charge in [0.2, 0.25) is 0 Å². The van der Waals surface area contributed by atoms with Gasteiger partial charge in [0.1, 0.15) is 5.52 Å². The van der Waals surface area contributed by atoms with Crippen LogP contribution in [0.3, 0.4) is 0 Å². The summed E-state index contributed by atoms with van der Waals surface area (Å²) in [6.45, 7) is 5.42. The van der Waals surface area contributed by atoms with E-state index >= 15 is 0 Å². The number of carbonyl (C=O) groups is 1. The molecule has 0 bridgehead atoms. The number of ether oxygens (including phenoxy) is 1. The molecular formula is C17H22N2O3. The molecule has 1 amide bonds. The minimum atomic E-state index is -0.0924. The van der Waals surface area contributed by atoms with Gasteiger partial charge in [0, 0.05) is 24.6 Å². The SMILES string of the molecule is CC(C)c1nc2cc(C(=O)NCC3CCCCO3)ccc2o1. The lowest BCUT2D eigenvalue weighted by molar-refractivity contribution is 0.0169. The first-order valence-electron chi connectivity index (χ1n) is 7.94. The highest BCUT2D eigenvalue weighted by Gasteiger charge is 2.16. The second kappa shape index (κ2) is 6.48. The summed E-state index contributed by atoms with van der Waals surface area (Å²) >= 11 is 0. The van der Waals surface area contributed by atoms with Crippen LogP contribution in [-0.2, 0) is 4.74 Å². The Morgan fingerprint density at radius 2 is 2.27 bits per heavy atom. The number of aromatic nitrogens is 1. The first-order chi connectivity index (χ1) is 10.6. The van der Waals surface area contributed by atoms with Gasteiger partial charge in [-0.25, -0.2) is 4.98 Å². The van der Waals surface area contributed by atoms with Gasteiger partial charge in [0.15, 0.2) is 11.5 Å². The van der Waals surface area contributed by atoms with Gasteiger partial charge in [-0.3, -0.25) is 4.79 Å². The molecule has 3 rings (SSSR count). The van der Waals surface area contributed by atoms with Crippen molar-refractivity contribution in [3.63, 3.8) is 0 Å². The van der Waals surface area contributed by atoms with Crippen LogP contribution in [0.1, 0.15) is 55.3 Å². The molecule has 1 atom stereocenters. The van der Waals surface area contributed by atoms with Crippen molar-refractivity contribution in [2.75, 3.05) is 13.2 Å². The third-order valence-electron chi connectivity index (χ3n) is 3.92. The summed E-state index contributed by atoms with van der Waals surface area (Å²) in [5.74, 6) is 0.835. The minimum absolute atomic E-state index is 0.0924. The van der Waals surface area contributed by atoms with Crippen molar-refractivity contribution >= 4 is 17.0 Å². The van der Waals surface area contributed by atoms with Crippen molar-refractivity contribution in [1.82, 2.24) is 10.3 Å². The third kappa shape index (κ3) is 3.30. The number of hydrogen-bond donors (Lipinski definition) is 1. The van der Waals surface area contributed by atoms with Gasteiger partial charge in [-0.15, -0.1) is 0 Å². The summed E-state index contributed by atoms with van der Waals surface area (Å²) in [4.78, 5) is 16.7. The standard InChI is InChI=1S/C17H22N2O3/c1-11(2)17-19-14-9-12(6-7-15(14)22-17)16(20)18-10-13-5-3-4-8-21-13/h6-7,9,11,13H,3-5,8,10H2,1-2H3,(H,18,20). The Morgan fingerprint density at radius 1 is 1.41 bits per heavy atom. The van der Waals surface area contributed by atoms with Gasteiger partial charge >= 0.3 is 0 Å². The molecule has 0 radical (unpaired) electrons.